The van der Waals surface area contributed by atoms with Gasteiger partial charge in [-0.2, -0.15) is 0 Å². The number of ether oxygens (including phenoxy) is 2. The van der Waals surface area contributed by atoms with Crippen molar-refractivity contribution in [2.75, 3.05) is 30.3 Å². The molecule has 15 heteroatoms. The van der Waals surface area contributed by atoms with Gasteiger partial charge in [0.1, 0.15) is 0 Å². The summed E-state index contributed by atoms with van der Waals surface area (Å²) in [5.41, 5.74) is -1.04. The maximum absolute atomic E-state index is 11.9. The van der Waals surface area contributed by atoms with Crippen LogP contribution in [0.15, 0.2) is 9.59 Å². The van der Waals surface area contributed by atoms with Crippen LogP contribution in [0.25, 0.3) is 0 Å². The number of aliphatic hydroxyl groups is 1. The number of carbonyl (C=O) groups is 1. The Morgan fingerprint density at radius 1 is 1.43 bits per heavy atom. The van der Waals surface area contributed by atoms with Gasteiger partial charge in [0, 0.05) is 0 Å². The van der Waals surface area contributed by atoms with Gasteiger partial charge in [0.15, 0.2) is 0 Å². The standard InChI is InChI=1S/C13H20BN4O9P/c1-5(19)23-4-25-28(14)24-2-6-9(27-28)8(20)12(26-6)18-3-15-7-10(18)16-13(22)17-11(7)21/h6,8-9,12,15,20,28H,2-4,14H2,1H3,(H2,16,17,21,22)/t6?,8?,9-,12?/m1/s1. The molecule has 13 nitrogen and oxygen atoms in total. The van der Waals surface area contributed by atoms with Crippen LogP contribution in [0.2, 0.25) is 0 Å². The Labute approximate surface area is 159 Å². The molecule has 0 radical (unpaired) electrons. The van der Waals surface area contributed by atoms with Gasteiger partial charge in [-0.05, 0) is 0 Å². The molecule has 0 spiro atoms. The number of hydrogen-bond donors (Lipinski definition) is 4. The summed E-state index contributed by atoms with van der Waals surface area (Å²) in [5, 5.41) is 13.6. The van der Waals surface area contributed by atoms with E-state index in [0.29, 0.717) is 0 Å². The third-order valence-electron chi connectivity index (χ3n) is 4.70. The number of nitrogens with one attached hydrogen (secondary N) is 3. The van der Waals surface area contributed by atoms with Crippen LogP contribution in [0, 0.1) is 0 Å². The fourth-order valence-electron chi connectivity index (χ4n) is 3.38. The minimum atomic E-state index is -3.15. The van der Waals surface area contributed by atoms with Crippen molar-refractivity contribution in [3.8, 4) is 0 Å². The van der Waals surface area contributed by atoms with Crippen molar-refractivity contribution in [2.24, 2.45) is 0 Å². The van der Waals surface area contributed by atoms with Crippen LogP contribution in [0.4, 0.5) is 11.5 Å². The molecule has 1 aromatic heterocycles. The summed E-state index contributed by atoms with van der Waals surface area (Å²) in [6.45, 7) is 1.20. The van der Waals surface area contributed by atoms with E-state index in [9.17, 15) is 19.5 Å². The molecule has 4 atom stereocenters. The van der Waals surface area contributed by atoms with E-state index in [1.807, 2.05) is 0 Å². The van der Waals surface area contributed by atoms with Crippen LogP contribution in [-0.2, 0) is 27.8 Å². The Balaban J connectivity index is 1.49. The summed E-state index contributed by atoms with van der Waals surface area (Å²) >= 11 is 0. The second-order valence-corrected chi connectivity index (χ2v) is 9.18. The van der Waals surface area contributed by atoms with E-state index in [4.69, 9.17) is 23.0 Å². The molecule has 4 rings (SSSR count). The van der Waals surface area contributed by atoms with Gasteiger partial charge in [0.2, 0.25) is 0 Å². The van der Waals surface area contributed by atoms with Crippen molar-refractivity contribution < 1.29 is 32.9 Å². The van der Waals surface area contributed by atoms with Crippen molar-refractivity contribution in [2.45, 2.75) is 31.5 Å². The molecule has 0 bridgehead atoms. The average molecular weight is 418 g/mol. The van der Waals surface area contributed by atoms with Gasteiger partial charge in [-0.15, -0.1) is 0 Å². The molecule has 3 aliphatic heterocycles. The molecule has 0 saturated carbocycles. The predicted octanol–water partition coefficient (Wildman–Crippen LogP) is -2.67. The van der Waals surface area contributed by atoms with Crippen molar-refractivity contribution in [3.05, 3.63) is 20.8 Å². The molecule has 0 amide bonds. The Morgan fingerprint density at radius 3 is 2.96 bits per heavy atom. The molecule has 3 aliphatic rings. The monoisotopic (exact) mass is 418 g/mol. The summed E-state index contributed by atoms with van der Waals surface area (Å²) in [7, 11) is -1.53. The Hall–Kier alpha value is -1.96. The molecular weight excluding hydrogens is 398 g/mol. The number of H-pyrrole nitrogens is 2. The third kappa shape index (κ3) is 3.43. The summed E-state index contributed by atoms with van der Waals surface area (Å²) in [4.78, 5) is 40.6. The van der Waals surface area contributed by atoms with Crippen LogP contribution < -0.4 is 21.5 Å². The van der Waals surface area contributed by atoms with Crippen molar-refractivity contribution in [3.63, 3.8) is 0 Å². The number of carbonyl (C=O) groups excluding carboxylic acids is 1. The first-order valence-corrected chi connectivity index (χ1v) is 10.8. The van der Waals surface area contributed by atoms with E-state index in [2.05, 4.69) is 15.3 Å². The summed E-state index contributed by atoms with van der Waals surface area (Å²) in [6.07, 6.45) is -3.30. The second kappa shape index (κ2) is 7.14. The number of hydrogen-bond acceptors (Lipinski definition) is 11. The average Bonchev–Trinajstić information content (AvgIpc) is 3.16. The van der Waals surface area contributed by atoms with Crippen LogP contribution in [0.1, 0.15) is 6.92 Å². The fourth-order valence-corrected chi connectivity index (χ4v) is 5.13. The topological polar surface area (TPSA) is 164 Å². The molecule has 3 unspecified atom stereocenters. The third-order valence-corrected chi connectivity index (χ3v) is 6.73. The van der Waals surface area contributed by atoms with E-state index >= 15 is 0 Å². The number of aliphatic hydroxyl groups excluding tert-OH is 1. The normalized spacial score (nSPS) is 31.6. The zero-order valence-corrected chi connectivity index (χ0v) is 16.1. The zero-order chi connectivity index (χ0) is 20.1. The first-order chi connectivity index (χ1) is 13.3. The number of rotatable bonds is 4. The summed E-state index contributed by atoms with van der Waals surface area (Å²) < 4.78 is 27.6. The maximum atomic E-state index is 11.9. The Kier molecular flexibility index (Phi) is 4.94. The number of fused-ring (bicyclic) bond motifs is 2. The van der Waals surface area contributed by atoms with Gasteiger partial charge < -0.3 is 0 Å². The number of aromatic nitrogens is 2. The Bertz CT molecular complexity index is 895. The number of esters is 1. The summed E-state index contributed by atoms with van der Waals surface area (Å²) in [5.74, 6) is -0.275. The van der Waals surface area contributed by atoms with E-state index in [-0.39, 0.29) is 31.6 Å². The van der Waals surface area contributed by atoms with Crippen LogP contribution in [-0.4, -0.2) is 73.2 Å². The van der Waals surface area contributed by atoms with Gasteiger partial charge >= 0.3 is 158 Å². The molecule has 1 aromatic rings. The summed E-state index contributed by atoms with van der Waals surface area (Å²) in [6, 6.07) is 0. The first kappa shape index (κ1) is 19.4. The van der Waals surface area contributed by atoms with E-state index in [1.165, 1.54) is 11.8 Å². The van der Waals surface area contributed by atoms with E-state index in [0.717, 1.165) is 0 Å². The van der Waals surface area contributed by atoms with Crippen LogP contribution >= 0.6 is 7.82 Å². The molecular formula is C13H20BN4O9P. The van der Waals surface area contributed by atoms with Gasteiger partial charge in [0.05, 0.1) is 0 Å². The van der Waals surface area contributed by atoms with Crippen molar-refractivity contribution in [1.29, 1.82) is 0 Å². The van der Waals surface area contributed by atoms with Gasteiger partial charge in [0.25, 0.3) is 0 Å². The molecule has 2 fully saturated rings. The van der Waals surface area contributed by atoms with Gasteiger partial charge in [-0.1, -0.05) is 0 Å². The molecule has 28 heavy (non-hydrogen) atoms. The molecule has 0 aliphatic carbocycles. The first-order valence-electron chi connectivity index (χ1n) is 8.57. The quantitative estimate of drug-likeness (QED) is 0.175. The molecule has 4 heterocycles. The fraction of sp³-hybridized carbons (Fsp3) is 0.615. The van der Waals surface area contributed by atoms with Crippen molar-refractivity contribution >= 4 is 32.9 Å². The number of nitrogens with zero attached hydrogens (tertiary/aromatic N) is 1. The molecule has 0 aromatic carbocycles. The van der Waals surface area contributed by atoms with Crippen LogP contribution in [0.3, 0.4) is 0 Å². The van der Waals surface area contributed by atoms with E-state index < -0.39 is 49.6 Å². The van der Waals surface area contributed by atoms with Crippen LogP contribution in [0.5, 0.6) is 0 Å². The molecule has 4 N–H and O–H groups in total. The van der Waals surface area contributed by atoms with Gasteiger partial charge in [-0.25, -0.2) is 0 Å². The predicted molar refractivity (Wildman–Crippen MR) is 98.7 cm³/mol. The Morgan fingerprint density at radius 2 is 2.21 bits per heavy atom. The minimum absolute atomic E-state index is 0.112. The number of anilines is 2. The second-order valence-electron chi connectivity index (χ2n) is 6.65. The van der Waals surface area contributed by atoms with Gasteiger partial charge in [-0.3, -0.25) is 0 Å². The molecule has 154 valence electrons. The SMILES string of the molecule is B[PH]1(OCOC(C)=O)OCC2OC(N3CNc4c3[nH]c(=O)[nH]c4=O)C(O)[C@@H]2O1. The van der Waals surface area contributed by atoms with E-state index in [1.54, 1.807) is 7.57 Å². The number of aromatic amines is 2. The molecule has 2 saturated heterocycles. The van der Waals surface area contributed by atoms with Crippen molar-refractivity contribution in [1.82, 2.24) is 9.97 Å². The zero-order valence-electron chi connectivity index (χ0n) is 15.1.